The number of phenolic OH excluding ortho intramolecular Hbond substituents is 1. The third-order valence-electron chi connectivity index (χ3n) is 9.58. The summed E-state index contributed by atoms with van der Waals surface area (Å²) in [5, 5.41) is 22.4. The Kier molecular flexibility index (Phi) is 3.59. The average molecular weight is 411 g/mol. The Bertz CT molecular complexity index is 957. The number of hydrogen-bond donors (Lipinski definition) is 2. The van der Waals surface area contributed by atoms with Gasteiger partial charge in [0.05, 0.1) is 11.0 Å². The van der Waals surface area contributed by atoms with Gasteiger partial charge in [-0.1, -0.05) is 31.6 Å². The van der Waals surface area contributed by atoms with Crippen LogP contribution in [0.3, 0.4) is 0 Å². The van der Waals surface area contributed by atoms with Crippen molar-refractivity contribution in [2.45, 2.75) is 74.7 Å². The van der Waals surface area contributed by atoms with E-state index in [0.717, 1.165) is 38.6 Å². The highest BCUT2D eigenvalue weighted by Crippen LogP contribution is 2.75. The summed E-state index contributed by atoms with van der Waals surface area (Å²) < 4.78 is 13.1. The molecule has 1 saturated heterocycles. The number of methoxy groups -OCH3 is 1. The Hall–Kier alpha value is -1.56. The lowest BCUT2D eigenvalue weighted by atomic mass is 9.36. The second kappa shape index (κ2) is 5.62. The van der Waals surface area contributed by atoms with Gasteiger partial charge < -0.3 is 24.6 Å². The fourth-order valence-electron chi connectivity index (χ4n) is 8.44. The molecule has 162 valence electrons. The number of likely N-dealkylation sites (tertiary alicyclic amines) is 1. The Balaban J connectivity index is 1.66. The van der Waals surface area contributed by atoms with Gasteiger partial charge in [0.1, 0.15) is 11.7 Å². The number of hydrogen-bond acceptors (Lipinski definition) is 5. The highest BCUT2D eigenvalue weighted by Gasteiger charge is 2.80. The molecule has 1 saturated carbocycles. The number of nitrogens with zero attached hydrogens (tertiary/aromatic N) is 1. The van der Waals surface area contributed by atoms with Crippen molar-refractivity contribution < 1.29 is 19.7 Å². The maximum absolute atomic E-state index is 11.7. The Morgan fingerprint density at radius 1 is 1.33 bits per heavy atom. The maximum Gasteiger partial charge on any atom is 0.165 e. The minimum atomic E-state index is -0.850. The summed E-state index contributed by atoms with van der Waals surface area (Å²) in [6, 6.07) is 4.23. The quantitative estimate of drug-likeness (QED) is 0.747. The highest BCUT2D eigenvalue weighted by molar-refractivity contribution is 5.65. The first-order chi connectivity index (χ1) is 14.3. The molecule has 2 fully saturated rings. The highest BCUT2D eigenvalue weighted by atomic mass is 16.6. The minimum Gasteiger partial charge on any atom is -0.504 e. The zero-order valence-electron chi connectivity index (χ0n) is 18.4. The third kappa shape index (κ3) is 1.80. The number of aliphatic hydroxyl groups is 1. The van der Waals surface area contributed by atoms with E-state index >= 15 is 0 Å². The number of rotatable bonds is 4. The Morgan fingerprint density at radius 3 is 2.87 bits per heavy atom. The molecule has 5 unspecified atom stereocenters. The molecule has 0 radical (unpaired) electrons. The van der Waals surface area contributed by atoms with Gasteiger partial charge in [-0.2, -0.15) is 0 Å². The predicted molar refractivity (Wildman–Crippen MR) is 114 cm³/mol. The van der Waals surface area contributed by atoms with Gasteiger partial charge in [-0.3, -0.25) is 0 Å². The van der Waals surface area contributed by atoms with Gasteiger partial charge in [-0.15, -0.1) is 0 Å². The summed E-state index contributed by atoms with van der Waals surface area (Å²) in [6.45, 7) is 5.11. The molecule has 5 nitrogen and oxygen atoms in total. The molecule has 7 atom stereocenters. The molecular weight excluding hydrogens is 377 g/mol. The standard InChI is InChI=1S/C25H33NO4/c1-5-8-22(2,28)17-14-23-9-10-25(17,29-4)21-24(23)11-12-26(3)18(23)13-15-6-7-16(27)20(30-21)19(15)24/h6-7,9-10,17-18,21,27-28H,5,8,11-14H2,1-4H3/t17-,18?,21?,22?,23?,24?,25+/m1/s1/i3-1. The molecule has 2 spiro atoms. The average Bonchev–Trinajstić information content (AvgIpc) is 3.09. The number of benzene rings is 1. The number of phenols is 1. The monoisotopic (exact) mass is 410 g/mol. The van der Waals surface area contributed by atoms with Crippen molar-refractivity contribution in [2.24, 2.45) is 11.3 Å². The Morgan fingerprint density at radius 2 is 2.13 bits per heavy atom. The van der Waals surface area contributed by atoms with Gasteiger partial charge in [-0.25, -0.2) is 0 Å². The van der Waals surface area contributed by atoms with Crippen molar-refractivity contribution in [1.82, 2.24) is 4.90 Å². The summed E-state index contributed by atoms with van der Waals surface area (Å²) >= 11 is 0. The summed E-state index contributed by atoms with van der Waals surface area (Å²) in [5.41, 5.74) is 0.625. The molecule has 7 rings (SSSR count). The van der Waals surface area contributed by atoms with Crippen molar-refractivity contribution in [3.8, 4) is 11.5 Å². The van der Waals surface area contributed by atoms with Crippen LogP contribution in [0, 0.1) is 11.3 Å². The van der Waals surface area contributed by atoms with Crippen LogP contribution < -0.4 is 4.74 Å². The summed E-state index contributed by atoms with van der Waals surface area (Å²) in [4.78, 5) is 2.51. The van der Waals surface area contributed by atoms with Crippen molar-refractivity contribution >= 4 is 0 Å². The first-order valence-corrected chi connectivity index (χ1v) is 11.5. The van der Waals surface area contributed by atoms with Gasteiger partial charge in [0.15, 0.2) is 11.5 Å². The molecule has 30 heavy (non-hydrogen) atoms. The van der Waals surface area contributed by atoms with Crippen LogP contribution in [-0.4, -0.2) is 59.2 Å². The number of aromatic hydroxyl groups is 1. The molecular formula is C25H33NO4. The van der Waals surface area contributed by atoms with Crippen LogP contribution >= 0.6 is 0 Å². The number of ether oxygens (including phenoxy) is 2. The molecule has 1 aromatic rings. The summed E-state index contributed by atoms with van der Waals surface area (Å²) in [7, 11) is 4.00. The summed E-state index contributed by atoms with van der Waals surface area (Å²) in [5.74, 6) is 0.823. The lowest BCUT2D eigenvalue weighted by molar-refractivity contribution is -0.247. The lowest BCUT2D eigenvalue weighted by Gasteiger charge is -2.72. The molecule has 1 aromatic carbocycles. The van der Waals surface area contributed by atoms with Crippen LogP contribution in [0.2, 0.25) is 0 Å². The molecule has 2 heterocycles. The van der Waals surface area contributed by atoms with Crippen LogP contribution in [-0.2, 0) is 16.6 Å². The Labute approximate surface area is 178 Å². The van der Waals surface area contributed by atoms with Crippen LogP contribution in [0.25, 0.3) is 0 Å². The largest absolute Gasteiger partial charge is 0.504 e. The van der Waals surface area contributed by atoms with Gasteiger partial charge in [0, 0.05) is 30.0 Å². The van der Waals surface area contributed by atoms with Crippen LogP contribution in [0.1, 0.15) is 50.7 Å². The van der Waals surface area contributed by atoms with Crippen molar-refractivity contribution in [1.29, 1.82) is 0 Å². The molecule has 2 N–H and O–H groups in total. The van der Waals surface area contributed by atoms with E-state index in [1.807, 2.05) is 6.92 Å². The number of likely N-dealkylation sites (N-methyl/N-ethyl adjacent to an activating group) is 1. The van der Waals surface area contributed by atoms with E-state index < -0.39 is 11.2 Å². The van der Waals surface area contributed by atoms with E-state index in [-0.39, 0.29) is 28.6 Å². The SMILES string of the molecule is CCCC(C)(O)[C@H]1CC23C=C[C@@]1(OC)C1Oc4c(O)ccc5c4C12CCN([11CH3])C3C5. The topological polar surface area (TPSA) is 62.2 Å². The van der Waals surface area contributed by atoms with Crippen LogP contribution in [0.5, 0.6) is 11.5 Å². The van der Waals surface area contributed by atoms with Gasteiger partial charge in [-0.05, 0) is 57.8 Å². The van der Waals surface area contributed by atoms with E-state index in [2.05, 4.69) is 37.1 Å². The fourth-order valence-corrected chi connectivity index (χ4v) is 8.44. The van der Waals surface area contributed by atoms with Gasteiger partial charge >= 0.3 is 0 Å². The number of fused-ring (bicyclic) bond motifs is 1. The van der Waals surface area contributed by atoms with E-state index in [4.69, 9.17) is 9.47 Å². The first kappa shape index (κ1) is 19.1. The lowest BCUT2D eigenvalue weighted by Crippen LogP contribution is -2.80. The van der Waals surface area contributed by atoms with Crippen LogP contribution in [0.4, 0.5) is 0 Å². The zero-order valence-corrected chi connectivity index (χ0v) is 18.4. The van der Waals surface area contributed by atoms with E-state index in [1.165, 1.54) is 11.1 Å². The normalized spacial score (nSPS) is 44.5. The van der Waals surface area contributed by atoms with Gasteiger partial charge in [0.2, 0.25) is 0 Å². The minimum absolute atomic E-state index is 0.0647. The fraction of sp³-hybridized carbons (Fsp3) is 0.680. The summed E-state index contributed by atoms with van der Waals surface area (Å²) in [6.07, 6.45) is 8.86. The molecule has 0 aromatic heterocycles. The second-order valence-corrected chi connectivity index (χ2v) is 10.7. The smallest absolute Gasteiger partial charge is 0.165 e. The molecule has 4 bridgehead atoms. The first-order valence-electron chi connectivity index (χ1n) is 11.5. The van der Waals surface area contributed by atoms with Crippen LogP contribution in [0.15, 0.2) is 24.3 Å². The predicted octanol–water partition coefficient (Wildman–Crippen LogP) is 3.16. The molecule has 0 amide bonds. The van der Waals surface area contributed by atoms with E-state index in [9.17, 15) is 10.2 Å². The molecule has 6 aliphatic rings. The zero-order chi connectivity index (χ0) is 21.1. The van der Waals surface area contributed by atoms with Crippen molar-refractivity contribution in [2.75, 3.05) is 20.7 Å². The third-order valence-corrected chi connectivity index (χ3v) is 9.58. The van der Waals surface area contributed by atoms with E-state index in [0.29, 0.717) is 11.8 Å². The van der Waals surface area contributed by atoms with Gasteiger partial charge in [0.25, 0.3) is 0 Å². The number of piperidine rings is 1. The van der Waals surface area contributed by atoms with Crippen molar-refractivity contribution in [3.05, 3.63) is 35.4 Å². The van der Waals surface area contributed by atoms with E-state index in [1.54, 1.807) is 13.2 Å². The molecule has 4 aliphatic carbocycles. The molecule has 2 aliphatic heterocycles. The second-order valence-electron chi connectivity index (χ2n) is 10.7. The maximum atomic E-state index is 11.7. The molecule has 5 heteroatoms. The van der Waals surface area contributed by atoms with Crippen molar-refractivity contribution in [3.63, 3.8) is 0 Å².